The maximum Gasteiger partial charge on any atom is 0.410 e. The molecule has 1 heterocycles. The lowest BCUT2D eigenvalue weighted by atomic mass is 9.81. The van der Waals surface area contributed by atoms with Crippen LogP contribution in [0.25, 0.3) is 0 Å². The van der Waals surface area contributed by atoms with Gasteiger partial charge in [0.1, 0.15) is 5.60 Å². The molecule has 0 saturated carbocycles. The molecule has 0 spiro atoms. The zero-order valence-corrected chi connectivity index (χ0v) is 12.9. The second kappa shape index (κ2) is 5.81. The third-order valence-corrected chi connectivity index (χ3v) is 3.17. The molecule has 0 N–H and O–H groups in total. The van der Waals surface area contributed by atoms with Crippen molar-refractivity contribution in [1.29, 1.82) is 0 Å². The number of nitrogens with zero attached hydrogens (tertiary/aromatic N) is 2. The minimum atomic E-state index is -0.573. The summed E-state index contributed by atoms with van der Waals surface area (Å²) in [6, 6.07) is -0.275. The highest BCUT2D eigenvalue weighted by Crippen LogP contribution is 2.33. The van der Waals surface area contributed by atoms with Gasteiger partial charge in [-0.25, -0.2) is 4.79 Å². The minimum absolute atomic E-state index is 0.00411. The van der Waals surface area contributed by atoms with E-state index in [9.17, 15) is 14.9 Å². The molecule has 1 amide bonds. The molecule has 1 rings (SSSR count). The van der Waals surface area contributed by atoms with Gasteiger partial charge in [-0.1, -0.05) is 13.8 Å². The van der Waals surface area contributed by atoms with E-state index in [1.807, 2.05) is 20.8 Å². The number of amides is 1. The number of carbonyl (C=O) groups excluding carboxylic acids is 1. The Labute approximate surface area is 119 Å². The highest BCUT2D eigenvalue weighted by Gasteiger charge is 2.37. The Kier molecular flexibility index (Phi) is 4.78. The van der Waals surface area contributed by atoms with Gasteiger partial charge in [0.2, 0.25) is 6.20 Å². The molecule has 1 unspecified atom stereocenters. The highest BCUT2D eigenvalue weighted by atomic mass is 16.6. The largest absolute Gasteiger partial charge is 0.444 e. The number of carbonyl (C=O) groups is 1. The van der Waals surface area contributed by atoms with Gasteiger partial charge in [-0.3, -0.25) is 10.1 Å². The second-order valence-electron chi connectivity index (χ2n) is 7.01. The Hall–Kier alpha value is -1.59. The number of nitro groups is 1. The number of likely N-dealkylation sites (tertiary alicyclic amines) is 1. The zero-order valence-electron chi connectivity index (χ0n) is 12.9. The molecular weight excluding hydrogens is 260 g/mol. The van der Waals surface area contributed by atoms with E-state index in [1.54, 1.807) is 4.90 Å². The van der Waals surface area contributed by atoms with E-state index in [4.69, 9.17) is 4.74 Å². The van der Waals surface area contributed by atoms with Crippen LogP contribution in [-0.2, 0) is 4.74 Å². The first kappa shape index (κ1) is 16.5. The Morgan fingerprint density at radius 3 is 2.55 bits per heavy atom. The molecule has 114 valence electrons. The van der Waals surface area contributed by atoms with Crippen molar-refractivity contribution in [2.45, 2.75) is 59.1 Å². The zero-order chi connectivity index (χ0) is 15.6. The SMILES string of the molecule is CC1(C)CCC(/C=C/[N+](=O)[O-])N(C(=O)OC(C)(C)C)C1. The van der Waals surface area contributed by atoms with Gasteiger partial charge in [0, 0.05) is 12.6 Å². The third kappa shape index (κ3) is 5.19. The van der Waals surface area contributed by atoms with Crippen molar-refractivity contribution < 1.29 is 14.5 Å². The third-order valence-electron chi connectivity index (χ3n) is 3.17. The molecule has 20 heavy (non-hydrogen) atoms. The first-order valence-corrected chi connectivity index (χ1v) is 6.82. The summed E-state index contributed by atoms with van der Waals surface area (Å²) in [5, 5.41) is 10.5. The van der Waals surface area contributed by atoms with E-state index in [-0.39, 0.29) is 11.5 Å². The summed E-state index contributed by atoms with van der Waals surface area (Å²) < 4.78 is 5.39. The molecule has 1 fully saturated rings. The van der Waals surface area contributed by atoms with Crippen molar-refractivity contribution in [3.63, 3.8) is 0 Å². The van der Waals surface area contributed by atoms with Gasteiger partial charge in [-0.05, 0) is 39.0 Å². The molecule has 0 bridgehead atoms. The van der Waals surface area contributed by atoms with Crippen LogP contribution >= 0.6 is 0 Å². The van der Waals surface area contributed by atoms with Crippen LogP contribution in [0.5, 0.6) is 0 Å². The first-order valence-electron chi connectivity index (χ1n) is 6.82. The topological polar surface area (TPSA) is 72.7 Å². The predicted molar refractivity (Wildman–Crippen MR) is 75.9 cm³/mol. The number of hydrogen-bond donors (Lipinski definition) is 0. The van der Waals surface area contributed by atoms with Crippen molar-refractivity contribution in [2.24, 2.45) is 5.41 Å². The van der Waals surface area contributed by atoms with Crippen LogP contribution in [0, 0.1) is 15.5 Å². The molecule has 0 aliphatic carbocycles. The van der Waals surface area contributed by atoms with Gasteiger partial charge < -0.3 is 9.64 Å². The highest BCUT2D eigenvalue weighted by molar-refractivity contribution is 5.69. The van der Waals surface area contributed by atoms with Crippen molar-refractivity contribution >= 4 is 6.09 Å². The predicted octanol–water partition coefficient (Wildman–Crippen LogP) is 3.20. The summed E-state index contributed by atoms with van der Waals surface area (Å²) in [5.74, 6) is 0. The first-order chi connectivity index (χ1) is 9.00. The van der Waals surface area contributed by atoms with E-state index < -0.39 is 16.6 Å². The Morgan fingerprint density at radius 1 is 1.45 bits per heavy atom. The fourth-order valence-corrected chi connectivity index (χ4v) is 2.24. The van der Waals surface area contributed by atoms with Crippen LogP contribution in [0.3, 0.4) is 0 Å². The lowest BCUT2D eigenvalue weighted by Crippen LogP contribution is -2.50. The molecule has 1 atom stereocenters. The fraction of sp³-hybridized carbons (Fsp3) is 0.786. The molecule has 6 nitrogen and oxygen atoms in total. The van der Waals surface area contributed by atoms with Crippen molar-refractivity contribution in [2.75, 3.05) is 6.54 Å². The van der Waals surface area contributed by atoms with Gasteiger partial charge in [-0.15, -0.1) is 0 Å². The molecule has 6 heteroatoms. The average Bonchev–Trinajstić information content (AvgIpc) is 2.23. The monoisotopic (exact) mass is 284 g/mol. The average molecular weight is 284 g/mol. The summed E-state index contributed by atoms with van der Waals surface area (Å²) in [4.78, 5) is 23.8. The second-order valence-corrected chi connectivity index (χ2v) is 7.01. The van der Waals surface area contributed by atoms with Crippen LogP contribution in [-0.4, -0.2) is 34.1 Å². The van der Waals surface area contributed by atoms with E-state index in [1.165, 1.54) is 6.08 Å². The minimum Gasteiger partial charge on any atom is -0.444 e. The standard InChI is InChI=1S/C14H24N2O4/c1-13(2,3)20-12(17)15-10-14(4,5)8-6-11(15)7-9-16(18)19/h7,9,11H,6,8,10H2,1-5H3/b9-7+. The normalized spacial score (nSPS) is 22.9. The molecular formula is C14H24N2O4. The van der Waals surface area contributed by atoms with Crippen molar-refractivity contribution in [3.05, 3.63) is 22.4 Å². The Bertz CT molecular complexity index is 410. The molecule has 1 saturated heterocycles. The van der Waals surface area contributed by atoms with Crippen LogP contribution in [0.2, 0.25) is 0 Å². The quantitative estimate of drug-likeness (QED) is 0.576. The van der Waals surface area contributed by atoms with Gasteiger partial charge in [-0.2, -0.15) is 0 Å². The number of piperidine rings is 1. The molecule has 0 aromatic heterocycles. The lowest BCUT2D eigenvalue weighted by molar-refractivity contribution is -0.402. The Balaban J connectivity index is 2.87. The number of rotatable bonds is 2. The fourth-order valence-electron chi connectivity index (χ4n) is 2.24. The summed E-state index contributed by atoms with van der Waals surface area (Å²) >= 11 is 0. The van der Waals surface area contributed by atoms with Crippen LogP contribution in [0.15, 0.2) is 12.3 Å². The molecule has 1 aliphatic heterocycles. The summed E-state index contributed by atoms with van der Waals surface area (Å²) in [6.07, 6.45) is 3.58. The van der Waals surface area contributed by atoms with Crippen molar-refractivity contribution in [3.8, 4) is 0 Å². The summed E-state index contributed by atoms with van der Waals surface area (Å²) in [7, 11) is 0. The lowest BCUT2D eigenvalue weighted by Gasteiger charge is -2.42. The molecule has 1 aliphatic rings. The van der Waals surface area contributed by atoms with Crippen LogP contribution < -0.4 is 0 Å². The van der Waals surface area contributed by atoms with Crippen LogP contribution in [0.1, 0.15) is 47.5 Å². The van der Waals surface area contributed by atoms with Gasteiger partial charge in [0.15, 0.2) is 0 Å². The molecule has 0 radical (unpaired) electrons. The molecule has 0 aromatic carbocycles. The van der Waals surface area contributed by atoms with E-state index in [0.29, 0.717) is 13.0 Å². The summed E-state index contributed by atoms with van der Waals surface area (Å²) in [6.45, 7) is 10.1. The number of ether oxygens (including phenoxy) is 1. The van der Waals surface area contributed by atoms with Crippen LogP contribution in [0.4, 0.5) is 4.79 Å². The van der Waals surface area contributed by atoms with E-state index >= 15 is 0 Å². The van der Waals surface area contributed by atoms with Crippen molar-refractivity contribution in [1.82, 2.24) is 4.90 Å². The summed E-state index contributed by atoms with van der Waals surface area (Å²) in [5.41, 5.74) is -0.577. The maximum atomic E-state index is 12.3. The van der Waals surface area contributed by atoms with E-state index in [2.05, 4.69) is 13.8 Å². The van der Waals surface area contributed by atoms with Gasteiger partial charge in [0.05, 0.1) is 11.0 Å². The molecule has 0 aromatic rings. The smallest absolute Gasteiger partial charge is 0.410 e. The number of hydrogen-bond acceptors (Lipinski definition) is 4. The van der Waals surface area contributed by atoms with Gasteiger partial charge >= 0.3 is 6.09 Å². The van der Waals surface area contributed by atoms with E-state index in [0.717, 1.165) is 12.6 Å². The Morgan fingerprint density at radius 2 is 2.05 bits per heavy atom. The van der Waals surface area contributed by atoms with Gasteiger partial charge in [0.25, 0.3) is 0 Å². The maximum absolute atomic E-state index is 12.3.